The van der Waals surface area contributed by atoms with Crippen molar-refractivity contribution >= 4 is 21.5 Å². The molecular weight excluding hydrogens is 364 g/mol. The van der Waals surface area contributed by atoms with Crippen LogP contribution in [-0.2, 0) is 10.0 Å². The summed E-state index contributed by atoms with van der Waals surface area (Å²) in [5.41, 5.74) is -0.114. The highest BCUT2D eigenvalue weighted by atomic mass is 32.2. The molecule has 0 atom stereocenters. The van der Waals surface area contributed by atoms with E-state index in [2.05, 4.69) is 0 Å². The summed E-state index contributed by atoms with van der Waals surface area (Å²) in [6.45, 7) is 1.38. The highest BCUT2D eigenvalue weighted by Gasteiger charge is 2.20. The molecule has 10 heteroatoms. The fourth-order valence-electron chi connectivity index (χ4n) is 2.13. The molecule has 0 saturated heterocycles. The van der Waals surface area contributed by atoms with Crippen LogP contribution in [-0.4, -0.2) is 32.3 Å². The molecular formula is C16H16N2O7S. The summed E-state index contributed by atoms with van der Waals surface area (Å²) >= 11 is 0. The standard InChI is InChI=1S/C16H16N2O7S/c1-11(19)13-4-2-3-5-15(13)24-8-9-25-16-7-6-12(26(17,22)23)10-14(16)18(20)21/h2-7,10H,8-9H2,1H3,(H2,17,22,23). The van der Waals surface area contributed by atoms with Crippen LogP contribution in [0.15, 0.2) is 47.4 Å². The van der Waals surface area contributed by atoms with E-state index in [9.17, 15) is 23.3 Å². The smallest absolute Gasteiger partial charge is 0.312 e. The molecule has 0 spiro atoms. The summed E-state index contributed by atoms with van der Waals surface area (Å²) < 4.78 is 33.3. The van der Waals surface area contributed by atoms with E-state index in [4.69, 9.17) is 14.6 Å². The quantitative estimate of drug-likeness (QED) is 0.319. The third-order valence-corrected chi connectivity index (χ3v) is 4.23. The lowest BCUT2D eigenvalue weighted by molar-refractivity contribution is -0.386. The number of hydrogen-bond donors (Lipinski definition) is 1. The van der Waals surface area contributed by atoms with Gasteiger partial charge < -0.3 is 9.47 Å². The van der Waals surface area contributed by atoms with Gasteiger partial charge in [0.15, 0.2) is 11.5 Å². The van der Waals surface area contributed by atoms with Crippen LogP contribution in [0.2, 0.25) is 0 Å². The van der Waals surface area contributed by atoms with E-state index in [0.29, 0.717) is 11.3 Å². The Kier molecular flexibility index (Phi) is 5.90. The number of benzene rings is 2. The van der Waals surface area contributed by atoms with Crippen LogP contribution in [0.1, 0.15) is 17.3 Å². The maximum absolute atomic E-state index is 11.5. The summed E-state index contributed by atoms with van der Waals surface area (Å²) in [6.07, 6.45) is 0. The monoisotopic (exact) mass is 380 g/mol. The number of Topliss-reactive ketones (excluding diaryl/α,β-unsaturated/α-hetero) is 1. The number of carbonyl (C=O) groups is 1. The molecule has 0 fully saturated rings. The first kappa shape index (κ1) is 19.3. The van der Waals surface area contributed by atoms with Crippen molar-refractivity contribution in [2.45, 2.75) is 11.8 Å². The zero-order valence-corrected chi connectivity index (χ0v) is 14.6. The highest BCUT2D eigenvalue weighted by molar-refractivity contribution is 7.89. The molecule has 0 heterocycles. The Hall–Kier alpha value is -2.98. The lowest BCUT2D eigenvalue weighted by atomic mass is 10.1. The van der Waals surface area contributed by atoms with Crippen molar-refractivity contribution in [1.82, 2.24) is 0 Å². The molecule has 2 aromatic carbocycles. The van der Waals surface area contributed by atoms with Crippen molar-refractivity contribution in [1.29, 1.82) is 0 Å². The van der Waals surface area contributed by atoms with E-state index < -0.39 is 20.6 Å². The average Bonchev–Trinajstić information content (AvgIpc) is 2.58. The molecule has 0 aliphatic carbocycles. The minimum atomic E-state index is -4.07. The molecule has 0 aliphatic rings. The SMILES string of the molecule is CC(=O)c1ccccc1OCCOc1ccc(S(N)(=O)=O)cc1[N+](=O)[O-]. The summed E-state index contributed by atoms with van der Waals surface area (Å²) in [7, 11) is -4.07. The lowest BCUT2D eigenvalue weighted by Crippen LogP contribution is -2.14. The van der Waals surface area contributed by atoms with Gasteiger partial charge >= 0.3 is 5.69 Å². The van der Waals surface area contributed by atoms with E-state index in [-0.39, 0.29) is 29.6 Å². The second-order valence-corrected chi connectivity index (χ2v) is 6.74. The maximum atomic E-state index is 11.5. The Labute approximate surface area is 149 Å². The first-order valence-electron chi connectivity index (χ1n) is 7.37. The third-order valence-electron chi connectivity index (χ3n) is 3.32. The molecule has 26 heavy (non-hydrogen) atoms. The zero-order valence-electron chi connectivity index (χ0n) is 13.7. The Morgan fingerprint density at radius 3 is 2.31 bits per heavy atom. The summed E-state index contributed by atoms with van der Waals surface area (Å²) in [5, 5.41) is 16.1. The van der Waals surface area contributed by atoms with Crippen LogP contribution in [0.4, 0.5) is 5.69 Å². The van der Waals surface area contributed by atoms with E-state index in [1.54, 1.807) is 24.3 Å². The van der Waals surface area contributed by atoms with Gasteiger partial charge in [-0.15, -0.1) is 0 Å². The Bertz CT molecular complexity index is 941. The van der Waals surface area contributed by atoms with Crippen LogP contribution in [0.5, 0.6) is 11.5 Å². The minimum Gasteiger partial charge on any atom is -0.489 e. The summed E-state index contributed by atoms with van der Waals surface area (Å²) in [5.74, 6) is 0.101. The molecule has 0 amide bonds. The number of ketones is 1. The van der Waals surface area contributed by atoms with Gasteiger partial charge in [0, 0.05) is 6.07 Å². The number of primary sulfonamides is 1. The minimum absolute atomic E-state index is 0.0262. The van der Waals surface area contributed by atoms with Crippen LogP contribution in [0.3, 0.4) is 0 Å². The van der Waals surface area contributed by atoms with Gasteiger partial charge in [-0.1, -0.05) is 12.1 Å². The van der Waals surface area contributed by atoms with E-state index in [0.717, 1.165) is 18.2 Å². The first-order chi connectivity index (χ1) is 12.2. The first-order valence-corrected chi connectivity index (χ1v) is 8.91. The van der Waals surface area contributed by atoms with Crippen molar-refractivity contribution in [2.75, 3.05) is 13.2 Å². The molecule has 0 saturated carbocycles. The molecule has 0 bridgehead atoms. The molecule has 2 rings (SSSR count). The second kappa shape index (κ2) is 7.93. The fraction of sp³-hybridized carbons (Fsp3) is 0.188. The Morgan fingerprint density at radius 2 is 1.73 bits per heavy atom. The number of carbonyl (C=O) groups excluding carboxylic acids is 1. The van der Waals surface area contributed by atoms with E-state index in [1.165, 1.54) is 6.92 Å². The molecule has 2 N–H and O–H groups in total. The largest absolute Gasteiger partial charge is 0.489 e. The summed E-state index contributed by atoms with van der Waals surface area (Å²) in [6, 6.07) is 9.76. The van der Waals surface area contributed by atoms with Gasteiger partial charge in [0.1, 0.15) is 19.0 Å². The van der Waals surface area contributed by atoms with E-state index >= 15 is 0 Å². The van der Waals surface area contributed by atoms with Gasteiger partial charge in [-0.05, 0) is 31.2 Å². The molecule has 138 valence electrons. The van der Waals surface area contributed by atoms with Crippen molar-refractivity contribution in [2.24, 2.45) is 5.14 Å². The number of rotatable bonds is 8. The van der Waals surface area contributed by atoms with E-state index in [1.807, 2.05) is 0 Å². The predicted octanol–water partition coefficient (Wildman–Crippen LogP) is 1.90. The number of hydrogen-bond acceptors (Lipinski definition) is 7. The molecule has 9 nitrogen and oxygen atoms in total. The zero-order chi connectivity index (χ0) is 19.3. The van der Waals surface area contributed by atoms with Crippen molar-refractivity contribution < 1.29 is 27.6 Å². The molecule has 0 aromatic heterocycles. The topological polar surface area (TPSA) is 139 Å². The number of nitrogens with two attached hydrogens (primary N) is 1. The van der Waals surface area contributed by atoms with Gasteiger partial charge in [-0.3, -0.25) is 14.9 Å². The van der Waals surface area contributed by atoms with Crippen LogP contribution in [0.25, 0.3) is 0 Å². The van der Waals surface area contributed by atoms with Crippen LogP contribution < -0.4 is 14.6 Å². The maximum Gasteiger partial charge on any atom is 0.312 e. The number of ether oxygens (including phenoxy) is 2. The van der Waals surface area contributed by atoms with Gasteiger partial charge in [0.25, 0.3) is 0 Å². The van der Waals surface area contributed by atoms with Crippen molar-refractivity contribution in [3.63, 3.8) is 0 Å². The normalized spacial score (nSPS) is 11.0. The number of nitro benzene ring substituents is 1. The van der Waals surface area contributed by atoms with Crippen LogP contribution in [0, 0.1) is 10.1 Å². The number of nitrogens with zero attached hydrogens (tertiary/aromatic N) is 1. The number of nitro groups is 1. The lowest BCUT2D eigenvalue weighted by Gasteiger charge is -2.11. The Balaban J connectivity index is 2.06. The third kappa shape index (κ3) is 4.77. The summed E-state index contributed by atoms with van der Waals surface area (Å²) in [4.78, 5) is 21.4. The van der Waals surface area contributed by atoms with Gasteiger partial charge in [0.05, 0.1) is 15.4 Å². The van der Waals surface area contributed by atoms with Crippen LogP contribution >= 0.6 is 0 Å². The van der Waals surface area contributed by atoms with Gasteiger partial charge in [0.2, 0.25) is 10.0 Å². The predicted molar refractivity (Wildman–Crippen MR) is 91.9 cm³/mol. The van der Waals surface area contributed by atoms with Gasteiger partial charge in [-0.2, -0.15) is 0 Å². The van der Waals surface area contributed by atoms with Gasteiger partial charge in [-0.25, -0.2) is 13.6 Å². The van der Waals surface area contributed by atoms with Crippen molar-refractivity contribution in [3.8, 4) is 11.5 Å². The van der Waals surface area contributed by atoms with Crippen molar-refractivity contribution in [3.05, 3.63) is 58.1 Å². The average molecular weight is 380 g/mol. The highest BCUT2D eigenvalue weighted by Crippen LogP contribution is 2.29. The number of para-hydroxylation sites is 1. The molecule has 2 aromatic rings. The second-order valence-electron chi connectivity index (χ2n) is 5.18. The number of sulfonamides is 1. The fourth-order valence-corrected chi connectivity index (χ4v) is 2.66. The molecule has 0 unspecified atom stereocenters. The Morgan fingerprint density at radius 1 is 1.12 bits per heavy atom. The molecule has 0 aliphatic heterocycles. The molecule has 0 radical (unpaired) electrons.